The van der Waals surface area contributed by atoms with Crippen LogP contribution >= 0.6 is 15.9 Å². The third-order valence-corrected chi connectivity index (χ3v) is 5.12. The van der Waals surface area contributed by atoms with Crippen LogP contribution in [0.25, 0.3) is 0 Å². The van der Waals surface area contributed by atoms with E-state index in [2.05, 4.69) is 20.9 Å². The van der Waals surface area contributed by atoms with E-state index >= 15 is 0 Å². The van der Waals surface area contributed by atoms with Crippen LogP contribution < -0.4 is 9.04 Å². The van der Waals surface area contributed by atoms with Gasteiger partial charge < -0.3 is 4.74 Å². The Morgan fingerprint density at radius 3 is 2.80 bits per heavy atom. The average molecular weight is 361 g/mol. The molecule has 0 N–H and O–H groups in total. The molecule has 0 atom stereocenters. The van der Waals surface area contributed by atoms with Gasteiger partial charge in [-0.15, -0.1) is 0 Å². The van der Waals surface area contributed by atoms with Crippen molar-refractivity contribution in [2.24, 2.45) is 4.99 Å². The Balaban J connectivity index is 2.18. The van der Waals surface area contributed by atoms with Crippen LogP contribution in [0.3, 0.4) is 0 Å². The number of hydrogen-bond donors (Lipinski definition) is 0. The van der Waals surface area contributed by atoms with E-state index in [-0.39, 0.29) is 0 Å². The van der Waals surface area contributed by atoms with E-state index in [1.54, 1.807) is 18.2 Å². The highest BCUT2D eigenvalue weighted by molar-refractivity contribution is 9.10. The second kappa shape index (κ2) is 6.13. The summed E-state index contributed by atoms with van der Waals surface area (Å²) in [6.45, 7) is 1.32. The van der Waals surface area contributed by atoms with Crippen molar-refractivity contribution in [2.45, 2.75) is 12.8 Å². The second-order valence-corrected chi connectivity index (χ2v) is 7.47. The van der Waals surface area contributed by atoms with Crippen LogP contribution in [0.15, 0.2) is 27.7 Å². The maximum absolute atomic E-state index is 11.6. The van der Waals surface area contributed by atoms with E-state index in [0.29, 0.717) is 22.5 Å². The molecule has 0 radical (unpaired) electrons. The first-order valence-electron chi connectivity index (χ1n) is 6.27. The van der Waals surface area contributed by atoms with Gasteiger partial charge in [-0.2, -0.15) is 0 Å². The molecule has 1 aliphatic rings. The highest BCUT2D eigenvalue weighted by Crippen LogP contribution is 2.35. The van der Waals surface area contributed by atoms with Gasteiger partial charge in [0.2, 0.25) is 10.0 Å². The number of aliphatic imine (C=N–C) groups is 1. The molecule has 5 nitrogen and oxygen atoms in total. The lowest BCUT2D eigenvalue weighted by Gasteiger charge is -2.19. The minimum Gasteiger partial charge on any atom is -0.486 e. The molecule has 110 valence electrons. The summed E-state index contributed by atoms with van der Waals surface area (Å²) in [5.74, 6) is 0.618. The topological polar surface area (TPSA) is 59.0 Å². The van der Waals surface area contributed by atoms with E-state index in [0.717, 1.165) is 25.1 Å². The predicted molar refractivity (Wildman–Crippen MR) is 84.4 cm³/mol. The standard InChI is InChI=1S/C13H17BrN2O3S/c1-16(20(2,17)18)11-6-3-7-12(13(11)14)19-9-10-5-4-8-15-10/h3,6-7H,4-5,8-9H2,1-2H3. The summed E-state index contributed by atoms with van der Waals surface area (Å²) in [7, 11) is -1.79. The fraction of sp³-hybridized carbons (Fsp3) is 0.462. The molecule has 0 aliphatic carbocycles. The van der Waals surface area contributed by atoms with Crippen LogP contribution in [-0.4, -0.2) is 40.6 Å². The maximum atomic E-state index is 11.6. The van der Waals surface area contributed by atoms with Gasteiger partial charge in [0, 0.05) is 19.3 Å². The summed E-state index contributed by atoms with van der Waals surface area (Å²) in [6, 6.07) is 5.30. The third kappa shape index (κ3) is 3.52. The summed E-state index contributed by atoms with van der Waals surface area (Å²) >= 11 is 3.41. The van der Waals surface area contributed by atoms with E-state index in [9.17, 15) is 8.42 Å². The Labute approximate surface area is 127 Å². The number of rotatable bonds is 5. The molecule has 1 aliphatic heterocycles. The Bertz CT molecular complexity index is 629. The molecule has 1 aromatic carbocycles. The van der Waals surface area contributed by atoms with Gasteiger partial charge in [0.15, 0.2) is 0 Å². The highest BCUT2D eigenvalue weighted by atomic mass is 79.9. The molecule has 0 fully saturated rings. The van der Waals surface area contributed by atoms with Crippen LogP contribution in [-0.2, 0) is 10.0 Å². The lowest BCUT2D eigenvalue weighted by atomic mass is 10.2. The first-order chi connectivity index (χ1) is 9.39. The number of nitrogens with zero attached hydrogens (tertiary/aromatic N) is 2. The number of halogens is 1. The van der Waals surface area contributed by atoms with E-state index in [4.69, 9.17) is 4.74 Å². The summed E-state index contributed by atoms with van der Waals surface area (Å²) in [5, 5.41) is 0. The fourth-order valence-corrected chi connectivity index (χ4v) is 3.18. The van der Waals surface area contributed by atoms with Gasteiger partial charge >= 0.3 is 0 Å². The quantitative estimate of drug-likeness (QED) is 0.810. The molecule has 7 heteroatoms. The number of anilines is 1. The molecule has 0 spiro atoms. The molecular formula is C13H17BrN2O3S. The smallest absolute Gasteiger partial charge is 0.232 e. The monoisotopic (exact) mass is 360 g/mol. The van der Waals surface area contributed by atoms with E-state index in [1.807, 2.05) is 0 Å². The normalized spacial score (nSPS) is 15.1. The van der Waals surface area contributed by atoms with Crippen molar-refractivity contribution in [3.05, 3.63) is 22.7 Å². The molecule has 0 saturated carbocycles. The van der Waals surface area contributed by atoms with Crippen LogP contribution in [0.5, 0.6) is 5.75 Å². The first kappa shape index (κ1) is 15.3. The van der Waals surface area contributed by atoms with Gasteiger partial charge in [0.25, 0.3) is 0 Å². The highest BCUT2D eigenvalue weighted by Gasteiger charge is 2.17. The molecular weight excluding hydrogens is 344 g/mol. The van der Waals surface area contributed by atoms with Gasteiger partial charge in [-0.1, -0.05) is 6.07 Å². The van der Waals surface area contributed by atoms with Crippen LogP contribution in [0, 0.1) is 0 Å². The molecule has 1 aromatic rings. The zero-order valence-corrected chi connectivity index (χ0v) is 13.9. The lowest BCUT2D eigenvalue weighted by Crippen LogP contribution is -2.25. The summed E-state index contributed by atoms with van der Waals surface area (Å²) < 4.78 is 30.8. The Kier molecular flexibility index (Phi) is 4.70. The second-order valence-electron chi connectivity index (χ2n) is 4.66. The van der Waals surface area contributed by atoms with Crippen molar-refractivity contribution in [1.29, 1.82) is 0 Å². The Morgan fingerprint density at radius 1 is 1.45 bits per heavy atom. The van der Waals surface area contributed by atoms with Gasteiger partial charge in [-0.3, -0.25) is 9.30 Å². The minimum atomic E-state index is -3.30. The molecule has 1 heterocycles. The number of benzene rings is 1. The van der Waals surface area contributed by atoms with Crippen molar-refractivity contribution in [3.63, 3.8) is 0 Å². The Morgan fingerprint density at radius 2 is 2.20 bits per heavy atom. The third-order valence-electron chi connectivity index (χ3n) is 3.13. The van der Waals surface area contributed by atoms with Crippen LogP contribution in [0.1, 0.15) is 12.8 Å². The van der Waals surface area contributed by atoms with Crippen molar-refractivity contribution < 1.29 is 13.2 Å². The van der Waals surface area contributed by atoms with Crippen LogP contribution in [0.4, 0.5) is 5.69 Å². The number of ether oxygens (including phenoxy) is 1. The lowest BCUT2D eigenvalue weighted by molar-refractivity contribution is 0.373. The molecule has 2 rings (SSSR count). The molecule has 0 saturated heterocycles. The molecule has 0 unspecified atom stereocenters. The van der Waals surface area contributed by atoms with Gasteiger partial charge in [0.05, 0.1) is 16.4 Å². The van der Waals surface area contributed by atoms with E-state index in [1.165, 1.54) is 17.6 Å². The largest absolute Gasteiger partial charge is 0.486 e. The fourth-order valence-electron chi connectivity index (χ4n) is 1.91. The summed E-state index contributed by atoms with van der Waals surface area (Å²) in [6.07, 6.45) is 3.22. The van der Waals surface area contributed by atoms with Crippen molar-refractivity contribution in [1.82, 2.24) is 0 Å². The maximum Gasteiger partial charge on any atom is 0.232 e. The number of hydrogen-bond acceptors (Lipinski definition) is 4. The van der Waals surface area contributed by atoms with Crippen molar-refractivity contribution in [3.8, 4) is 5.75 Å². The zero-order valence-electron chi connectivity index (χ0n) is 11.5. The van der Waals surface area contributed by atoms with Gasteiger partial charge in [0.1, 0.15) is 12.4 Å². The SMILES string of the molecule is CN(c1cccc(OCC2=NCCC2)c1Br)S(C)(=O)=O. The number of sulfonamides is 1. The summed E-state index contributed by atoms with van der Waals surface area (Å²) in [4.78, 5) is 4.35. The van der Waals surface area contributed by atoms with Gasteiger partial charge in [-0.25, -0.2) is 8.42 Å². The molecule has 0 amide bonds. The van der Waals surface area contributed by atoms with Crippen molar-refractivity contribution >= 4 is 37.4 Å². The molecule has 0 bridgehead atoms. The molecule has 20 heavy (non-hydrogen) atoms. The van der Waals surface area contributed by atoms with E-state index < -0.39 is 10.0 Å². The zero-order chi connectivity index (χ0) is 14.8. The minimum absolute atomic E-state index is 0.449. The van der Waals surface area contributed by atoms with Gasteiger partial charge in [-0.05, 0) is 40.9 Å². The Hall–Kier alpha value is -1.08. The molecule has 0 aromatic heterocycles. The summed E-state index contributed by atoms with van der Waals surface area (Å²) in [5.41, 5.74) is 1.61. The first-order valence-corrected chi connectivity index (χ1v) is 8.91. The van der Waals surface area contributed by atoms with Crippen molar-refractivity contribution in [2.75, 3.05) is 30.8 Å². The predicted octanol–water partition coefficient (Wildman–Crippen LogP) is 2.46. The van der Waals surface area contributed by atoms with Crippen LogP contribution in [0.2, 0.25) is 0 Å². The average Bonchev–Trinajstić information content (AvgIpc) is 2.89.